The summed E-state index contributed by atoms with van der Waals surface area (Å²) in [4.78, 5) is 0. The van der Waals surface area contributed by atoms with Gasteiger partial charge in [0.2, 0.25) is 0 Å². The fourth-order valence-corrected chi connectivity index (χ4v) is 1.24. The lowest BCUT2D eigenvalue weighted by atomic mass is 10.6. The summed E-state index contributed by atoms with van der Waals surface area (Å²) in [5, 5.41) is 0. The van der Waals surface area contributed by atoms with E-state index < -0.39 is 10.1 Å². The van der Waals surface area contributed by atoms with Gasteiger partial charge in [0.1, 0.15) is 6.73 Å². The van der Waals surface area contributed by atoms with Gasteiger partial charge in [0.25, 0.3) is 10.1 Å². The number of nitrogens with two attached hydrogens (primary N) is 1. The van der Waals surface area contributed by atoms with Crippen LogP contribution in [0.4, 0.5) is 0 Å². The van der Waals surface area contributed by atoms with Crippen LogP contribution in [0.5, 0.6) is 0 Å². The second-order valence-electron chi connectivity index (χ2n) is 1.55. The van der Waals surface area contributed by atoms with Crippen molar-refractivity contribution in [3.05, 3.63) is 0 Å². The van der Waals surface area contributed by atoms with E-state index >= 15 is 0 Å². The van der Waals surface area contributed by atoms with E-state index in [0.717, 1.165) is 0 Å². The van der Waals surface area contributed by atoms with Crippen molar-refractivity contribution in [1.82, 2.24) is 0 Å². The average molecular weight is 153 g/mol. The molecule has 0 saturated heterocycles. The Kier molecular flexibility index (Phi) is 3.76. The Morgan fingerprint density at radius 2 is 2.11 bits per heavy atom. The first-order chi connectivity index (χ1) is 4.12. The molecule has 0 aromatic rings. The van der Waals surface area contributed by atoms with Crippen LogP contribution >= 0.6 is 0 Å². The molecule has 0 aliphatic carbocycles. The molecule has 2 N–H and O–H groups in total. The Labute approximate surface area is 55.1 Å². The SMILES string of the molecule is CCCS(=O)(=O)OCN. The van der Waals surface area contributed by atoms with Crippen LogP contribution < -0.4 is 5.73 Å². The van der Waals surface area contributed by atoms with E-state index in [1.54, 1.807) is 6.92 Å². The maximum absolute atomic E-state index is 10.5. The molecule has 0 rings (SSSR count). The molecule has 0 atom stereocenters. The second-order valence-corrected chi connectivity index (χ2v) is 3.31. The van der Waals surface area contributed by atoms with Crippen LogP contribution in [0.15, 0.2) is 0 Å². The molecule has 0 aliphatic heterocycles. The molecule has 56 valence electrons. The fraction of sp³-hybridized carbons (Fsp3) is 1.00. The molecule has 5 heteroatoms. The minimum atomic E-state index is -3.31. The van der Waals surface area contributed by atoms with Crippen LogP contribution in [-0.2, 0) is 14.3 Å². The third-order valence-corrected chi connectivity index (χ3v) is 2.11. The first-order valence-corrected chi connectivity index (χ1v) is 4.27. The van der Waals surface area contributed by atoms with Crippen molar-refractivity contribution in [3.63, 3.8) is 0 Å². The lowest BCUT2D eigenvalue weighted by molar-refractivity contribution is 0.329. The molecule has 0 heterocycles. The van der Waals surface area contributed by atoms with Crippen molar-refractivity contribution in [1.29, 1.82) is 0 Å². The third kappa shape index (κ3) is 4.38. The fourth-order valence-electron chi connectivity index (χ4n) is 0.413. The van der Waals surface area contributed by atoms with Crippen molar-refractivity contribution < 1.29 is 12.6 Å². The molecule has 0 saturated carbocycles. The molecule has 0 spiro atoms. The van der Waals surface area contributed by atoms with Crippen LogP contribution in [0.25, 0.3) is 0 Å². The first-order valence-electron chi connectivity index (χ1n) is 2.69. The minimum Gasteiger partial charge on any atom is -0.307 e. The Hall–Kier alpha value is -0.130. The lowest BCUT2D eigenvalue weighted by Gasteiger charge is -1.98. The van der Waals surface area contributed by atoms with Gasteiger partial charge in [-0.05, 0) is 6.42 Å². The molecule has 0 fully saturated rings. The summed E-state index contributed by atoms with van der Waals surface area (Å²) in [6.07, 6.45) is 0.558. The molecular weight excluding hydrogens is 142 g/mol. The van der Waals surface area contributed by atoms with E-state index in [0.29, 0.717) is 6.42 Å². The Balaban J connectivity index is 3.73. The molecule has 0 unspecified atom stereocenters. The van der Waals surface area contributed by atoms with Gasteiger partial charge in [-0.1, -0.05) is 6.92 Å². The second kappa shape index (κ2) is 3.81. The normalized spacial score (nSPS) is 11.8. The number of rotatable bonds is 4. The van der Waals surface area contributed by atoms with Gasteiger partial charge < -0.3 is 5.73 Å². The molecule has 0 radical (unpaired) electrons. The van der Waals surface area contributed by atoms with Gasteiger partial charge in [-0.25, -0.2) is 0 Å². The molecule has 0 aromatic heterocycles. The largest absolute Gasteiger partial charge is 0.307 e. The van der Waals surface area contributed by atoms with Crippen LogP contribution in [0.2, 0.25) is 0 Å². The van der Waals surface area contributed by atoms with Crippen molar-refractivity contribution in [2.75, 3.05) is 12.5 Å². The summed E-state index contributed by atoms with van der Waals surface area (Å²) >= 11 is 0. The van der Waals surface area contributed by atoms with Crippen LogP contribution in [0.3, 0.4) is 0 Å². The molecular formula is C4H11NO3S. The van der Waals surface area contributed by atoms with Gasteiger partial charge in [-0.15, -0.1) is 0 Å². The van der Waals surface area contributed by atoms with Gasteiger partial charge in [0, 0.05) is 0 Å². The van der Waals surface area contributed by atoms with Crippen molar-refractivity contribution in [2.24, 2.45) is 5.73 Å². The van der Waals surface area contributed by atoms with E-state index in [2.05, 4.69) is 4.18 Å². The number of hydrogen-bond acceptors (Lipinski definition) is 4. The van der Waals surface area contributed by atoms with E-state index in [9.17, 15) is 8.42 Å². The zero-order chi connectivity index (χ0) is 7.33. The van der Waals surface area contributed by atoms with E-state index in [1.807, 2.05) is 0 Å². The molecule has 0 amide bonds. The quantitative estimate of drug-likeness (QED) is 0.443. The highest BCUT2D eigenvalue weighted by molar-refractivity contribution is 7.86. The zero-order valence-electron chi connectivity index (χ0n) is 5.33. The minimum absolute atomic E-state index is 0.0458. The number of hydrogen-bond donors (Lipinski definition) is 1. The molecule has 0 bridgehead atoms. The lowest BCUT2D eigenvalue weighted by Crippen LogP contribution is -2.15. The van der Waals surface area contributed by atoms with E-state index in [4.69, 9.17) is 5.73 Å². The van der Waals surface area contributed by atoms with Crippen LogP contribution in [0, 0.1) is 0 Å². The van der Waals surface area contributed by atoms with Crippen LogP contribution in [0.1, 0.15) is 13.3 Å². The van der Waals surface area contributed by atoms with Gasteiger partial charge >= 0.3 is 0 Å². The average Bonchev–Trinajstić information content (AvgIpc) is 1.64. The van der Waals surface area contributed by atoms with Crippen molar-refractivity contribution in [2.45, 2.75) is 13.3 Å². The third-order valence-electron chi connectivity index (χ3n) is 0.702. The summed E-state index contributed by atoms with van der Waals surface area (Å²) in [5.41, 5.74) is 4.84. The smallest absolute Gasteiger partial charge is 0.268 e. The summed E-state index contributed by atoms with van der Waals surface area (Å²) < 4.78 is 25.3. The highest BCUT2D eigenvalue weighted by Gasteiger charge is 2.06. The van der Waals surface area contributed by atoms with Gasteiger partial charge in [0.05, 0.1) is 5.75 Å². The summed E-state index contributed by atoms with van der Waals surface area (Å²) in [6.45, 7) is 1.50. The van der Waals surface area contributed by atoms with Crippen molar-refractivity contribution in [3.8, 4) is 0 Å². The van der Waals surface area contributed by atoms with E-state index in [1.165, 1.54) is 0 Å². The summed E-state index contributed by atoms with van der Waals surface area (Å²) in [5.74, 6) is 0.0458. The van der Waals surface area contributed by atoms with Crippen LogP contribution in [-0.4, -0.2) is 20.9 Å². The Morgan fingerprint density at radius 3 is 2.44 bits per heavy atom. The van der Waals surface area contributed by atoms with Gasteiger partial charge in [0.15, 0.2) is 0 Å². The van der Waals surface area contributed by atoms with E-state index in [-0.39, 0.29) is 12.5 Å². The predicted octanol–water partition coefficient (Wildman–Crippen LogP) is -0.341. The molecule has 4 nitrogen and oxygen atoms in total. The molecule has 9 heavy (non-hydrogen) atoms. The zero-order valence-corrected chi connectivity index (χ0v) is 6.15. The summed E-state index contributed by atoms with van der Waals surface area (Å²) in [7, 11) is -3.31. The molecule has 0 aromatic carbocycles. The Morgan fingerprint density at radius 1 is 1.56 bits per heavy atom. The summed E-state index contributed by atoms with van der Waals surface area (Å²) in [6, 6.07) is 0. The maximum Gasteiger partial charge on any atom is 0.268 e. The van der Waals surface area contributed by atoms with Crippen molar-refractivity contribution >= 4 is 10.1 Å². The standard InChI is InChI=1S/C4H11NO3S/c1-2-3-9(6,7)8-4-5/h2-5H2,1H3. The first kappa shape index (κ1) is 8.87. The van der Waals surface area contributed by atoms with Gasteiger partial charge in [-0.3, -0.25) is 4.18 Å². The maximum atomic E-state index is 10.5. The highest BCUT2D eigenvalue weighted by atomic mass is 32.2. The Bertz CT molecular complexity index is 139. The van der Waals surface area contributed by atoms with Gasteiger partial charge in [-0.2, -0.15) is 8.42 Å². The topological polar surface area (TPSA) is 69.4 Å². The molecule has 0 aliphatic rings. The highest BCUT2D eigenvalue weighted by Crippen LogP contribution is 1.92. The monoisotopic (exact) mass is 153 g/mol. The predicted molar refractivity (Wildman–Crippen MR) is 34.2 cm³/mol.